The van der Waals surface area contributed by atoms with E-state index in [1.165, 1.54) is 25.3 Å². The number of hydrogen-bond acceptors (Lipinski definition) is 6. The van der Waals surface area contributed by atoms with Crippen LogP contribution in [0.5, 0.6) is 5.75 Å². The number of aryl methyl sites for hydroxylation is 1. The van der Waals surface area contributed by atoms with Crippen LogP contribution in [0.15, 0.2) is 47.5 Å². The van der Waals surface area contributed by atoms with Gasteiger partial charge in [-0.1, -0.05) is 18.9 Å². The first-order valence-electron chi connectivity index (χ1n) is 8.39. The summed E-state index contributed by atoms with van der Waals surface area (Å²) in [4.78, 5) is 12.8. The monoisotopic (exact) mass is 420 g/mol. The van der Waals surface area contributed by atoms with Crippen LogP contribution in [0.3, 0.4) is 0 Å². The fourth-order valence-corrected chi connectivity index (χ4v) is 3.59. The van der Waals surface area contributed by atoms with E-state index in [1.54, 1.807) is 16.8 Å². The van der Waals surface area contributed by atoms with Crippen molar-refractivity contribution < 1.29 is 17.9 Å². The van der Waals surface area contributed by atoms with E-state index in [4.69, 9.17) is 4.74 Å². The molecule has 148 valence electrons. The van der Waals surface area contributed by atoms with E-state index in [-0.39, 0.29) is 10.6 Å². The van der Waals surface area contributed by atoms with Crippen molar-refractivity contribution in [3.8, 4) is 5.75 Å². The maximum Gasteiger partial charge on any atom is 0.336 e. The van der Waals surface area contributed by atoms with Crippen LogP contribution in [-0.2, 0) is 16.4 Å². The summed E-state index contributed by atoms with van der Waals surface area (Å²) in [5.41, 5.74) is 1.52. The fourth-order valence-electron chi connectivity index (χ4n) is 2.72. The van der Waals surface area contributed by atoms with Gasteiger partial charge in [0.25, 0.3) is 0 Å². The minimum absolute atomic E-state index is 0.0700. The number of aromatic nitrogens is 2. The van der Waals surface area contributed by atoms with Crippen molar-refractivity contribution in [2.75, 3.05) is 23.0 Å². The normalized spacial score (nSPS) is 11.4. The lowest BCUT2D eigenvalue weighted by molar-refractivity contribution is 0.260. The van der Waals surface area contributed by atoms with Crippen molar-refractivity contribution in [1.82, 2.24) is 9.78 Å². The molecule has 1 aromatic heterocycles. The van der Waals surface area contributed by atoms with Gasteiger partial charge in [-0.2, -0.15) is 5.10 Å². The van der Waals surface area contributed by atoms with Gasteiger partial charge >= 0.3 is 6.03 Å². The Hall–Kier alpha value is -2.72. The molecule has 0 saturated heterocycles. The number of hydrogen-bond donors (Lipinski definition) is 2. The summed E-state index contributed by atoms with van der Waals surface area (Å²) in [6.07, 6.45) is 2.93. The van der Waals surface area contributed by atoms with Gasteiger partial charge in [0, 0.05) is 24.4 Å². The summed E-state index contributed by atoms with van der Waals surface area (Å²) in [5.74, 6) is 0.333. The third-order valence-corrected chi connectivity index (χ3v) is 5.67. The number of carbonyl (C=O) groups is 1. The largest absolute Gasteiger partial charge is 0.495 e. The van der Waals surface area contributed by atoms with Gasteiger partial charge in [-0.05, 0) is 37.3 Å². The maximum atomic E-state index is 12.8. The Bertz CT molecular complexity index is 1140. The summed E-state index contributed by atoms with van der Waals surface area (Å²) in [6.45, 7) is 2.67. The zero-order chi connectivity index (χ0) is 20.5. The van der Waals surface area contributed by atoms with E-state index in [1.807, 2.05) is 19.2 Å². The van der Waals surface area contributed by atoms with Crippen molar-refractivity contribution in [3.63, 3.8) is 0 Å². The minimum Gasteiger partial charge on any atom is -0.495 e. The Morgan fingerprint density at radius 3 is 2.71 bits per heavy atom. The molecular formula is C18H20N4O4S2. The number of benzene rings is 2. The molecule has 3 rings (SSSR count). The Labute approximate surface area is 168 Å². The Morgan fingerprint density at radius 1 is 1.32 bits per heavy atom. The number of sulfone groups is 1. The number of ether oxygens (including phenoxy) is 1. The first kappa shape index (κ1) is 20.0. The van der Waals surface area contributed by atoms with Gasteiger partial charge in [0.15, 0.2) is 9.84 Å². The predicted octanol–water partition coefficient (Wildman–Crippen LogP) is 3.35. The maximum absolute atomic E-state index is 12.8. The molecule has 0 aliphatic carbocycles. The summed E-state index contributed by atoms with van der Waals surface area (Å²) in [6, 6.07) is 9.08. The summed E-state index contributed by atoms with van der Waals surface area (Å²) in [7, 11) is -2.00. The van der Waals surface area contributed by atoms with Gasteiger partial charge in [-0.25, -0.2) is 17.5 Å². The van der Waals surface area contributed by atoms with Gasteiger partial charge in [-0.3, -0.25) is 4.68 Å². The van der Waals surface area contributed by atoms with Gasteiger partial charge in [0.05, 0.1) is 28.9 Å². The highest BCUT2D eigenvalue weighted by Gasteiger charge is 2.19. The van der Waals surface area contributed by atoms with Gasteiger partial charge < -0.3 is 10.1 Å². The standard InChI is InChI=1S/C18H20N4O4S2/c1-4-21-11-13-14(20-21)6-5-7-16(13)22(27)18(23)19-15-10-12(28(3,24)25)8-9-17(15)26-2/h5-11,27H,4H2,1-3H3,(H,19,23). The zero-order valence-corrected chi connectivity index (χ0v) is 17.3. The summed E-state index contributed by atoms with van der Waals surface area (Å²) >= 11 is 4.33. The molecule has 2 amide bonds. The minimum atomic E-state index is -3.44. The molecule has 3 aromatic rings. The van der Waals surface area contributed by atoms with Crippen molar-refractivity contribution in [2.45, 2.75) is 18.4 Å². The number of fused-ring (bicyclic) bond motifs is 1. The van der Waals surface area contributed by atoms with Crippen molar-refractivity contribution in [2.24, 2.45) is 0 Å². The number of nitrogens with one attached hydrogen (secondary N) is 1. The Morgan fingerprint density at radius 2 is 2.07 bits per heavy atom. The van der Waals surface area contributed by atoms with Gasteiger partial charge in [-0.15, -0.1) is 0 Å². The van der Waals surface area contributed by atoms with Crippen LogP contribution in [0, 0.1) is 0 Å². The predicted molar refractivity (Wildman–Crippen MR) is 112 cm³/mol. The molecule has 8 nitrogen and oxygen atoms in total. The topological polar surface area (TPSA) is 93.5 Å². The first-order valence-corrected chi connectivity index (χ1v) is 10.7. The van der Waals surface area contributed by atoms with Crippen molar-refractivity contribution in [3.05, 3.63) is 42.6 Å². The number of nitrogens with zero attached hydrogens (tertiary/aromatic N) is 3. The molecule has 1 heterocycles. The molecule has 0 aliphatic rings. The second kappa shape index (κ2) is 7.72. The van der Waals surface area contributed by atoms with Crippen LogP contribution >= 0.6 is 12.8 Å². The highest BCUT2D eigenvalue weighted by molar-refractivity contribution is 7.90. The SMILES string of the molecule is CCn1cc2c(N(S)C(=O)Nc3cc(S(C)(=O)=O)ccc3OC)cccc2n1. The average Bonchev–Trinajstić information content (AvgIpc) is 3.10. The van der Waals surface area contributed by atoms with Crippen LogP contribution < -0.4 is 14.4 Å². The molecule has 2 aromatic carbocycles. The van der Waals surface area contributed by atoms with E-state index in [0.29, 0.717) is 18.0 Å². The Balaban J connectivity index is 1.94. The van der Waals surface area contributed by atoms with E-state index in [0.717, 1.165) is 21.5 Å². The molecule has 0 fully saturated rings. The van der Waals surface area contributed by atoms with Crippen LogP contribution in [-0.4, -0.2) is 37.6 Å². The van der Waals surface area contributed by atoms with Crippen LogP contribution in [0.4, 0.5) is 16.2 Å². The second-order valence-corrected chi connectivity index (χ2v) is 8.49. The lowest BCUT2D eigenvalue weighted by Crippen LogP contribution is -2.27. The summed E-state index contributed by atoms with van der Waals surface area (Å²) in [5, 5.41) is 7.84. The molecule has 0 aliphatic heterocycles. The second-order valence-electron chi connectivity index (χ2n) is 6.07. The molecule has 0 atom stereocenters. The van der Waals surface area contributed by atoms with Crippen LogP contribution in [0.25, 0.3) is 10.9 Å². The number of anilines is 2. The number of thiol groups is 1. The van der Waals surface area contributed by atoms with Gasteiger partial charge in [0.2, 0.25) is 0 Å². The third-order valence-electron chi connectivity index (χ3n) is 4.16. The van der Waals surface area contributed by atoms with E-state index in [2.05, 4.69) is 23.2 Å². The number of carbonyl (C=O) groups excluding carboxylic acids is 1. The van der Waals surface area contributed by atoms with Crippen molar-refractivity contribution >= 4 is 51.0 Å². The lowest BCUT2D eigenvalue weighted by Gasteiger charge is -2.18. The highest BCUT2D eigenvalue weighted by Crippen LogP contribution is 2.31. The molecule has 10 heteroatoms. The Kier molecular flexibility index (Phi) is 5.52. The van der Waals surface area contributed by atoms with E-state index in [9.17, 15) is 13.2 Å². The number of methoxy groups -OCH3 is 1. The zero-order valence-electron chi connectivity index (χ0n) is 15.6. The van der Waals surface area contributed by atoms with E-state index < -0.39 is 15.9 Å². The number of rotatable bonds is 5. The van der Waals surface area contributed by atoms with Crippen LogP contribution in [0.2, 0.25) is 0 Å². The lowest BCUT2D eigenvalue weighted by atomic mass is 10.2. The molecule has 1 N–H and O–H groups in total. The van der Waals surface area contributed by atoms with Crippen LogP contribution in [0.1, 0.15) is 6.92 Å². The molecule has 0 unspecified atom stereocenters. The highest BCUT2D eigenvalue weighted by atomic mass is 32.2. The molecule has 0 radical (unpaired) electrons. The quantitative estimate of drug-likeness (QED) is 0.618. The molecule has 0 spiro atoms. The van der Waals surface area contributed by atoms with Gasteiger partial charge in [0.1, 0.15) is 5.75 Å². The summed E-state index contributed by atoms with van der Waals surface area (Å²) < 4.78 is 31.8. The third kappa shape index (κ3) is 3.92. The average molecular weight is 421 g/mol. The number of urea groups is 1. The first-order chi connectivity index (χ1) is 13.2. The number of amides is 2. The smallest absolute Gasteiger partial charge is 0.336 e. The molecule has 28 heavy (non-hydrogen) atoms. The van der Waals surface area contributed by atoms with E-state index >= 15 is 0 Å². The molecular weight excluding hydrogens is 400 g/mol. The fraction of sp³-hybridized carbons (Fsp3) is 0.222. The molecule has 0 saturated carbocycles. The molecule has 0 bridgehead atoms. The van der Waals surface area contributed by atoms with Crippen molar-refractivity contribution in [1.29, 1.82) is 0 Å².